The average molecular weight is 694 g/mol. The number of hydrogen-bond acceptors (Lipinski definition) is 5. The zero-order valence-electron chi connectivity index (χ0n) is 30.7. The van der Waals surface area contributed by atoms with Gasteiger partial charge in [0.2, 0.25) is 5.78 Å². The third-order valence-electron chi connectivity index (χ3n) is 9.98. The second-order valence-corrected chi connectivity index (χ2v) is 14.7. The number of hydrogen-bond donors (Lipinski definition) is 0. The normalized spacial score (nSPS) is 12.0. The Balaban J connectivity index is 1.17. The molecule has 9 rings (SSSR count). The fraction of sp³-hybridized carbons (Fsp3) is 0.156. The zero-order chi connectivity index (χ0) is 36.4. The molecule has 5 aromatic carbocycles. The molecule has 0 unspecified atom stereocenters. The van der Waals surface area contributed by atoms with Crippen LogP contribution in [0.3, 0.4) is 0 Å². The number of benzene rings is 5. The van der Waals surface area contributed by atoms with Crippen LogP contribution in [0.25, 0.3) is 62.1 Å². The Hall–Kier alpha value is -6.54. The highest BCUT2D eigenvalue weighted by molar-refractivity contribution is 5.93. The van der Waals surface area contributed by atoms with Crippen molar-refractivity contribution in [2.75, 3.05) is 0 Å². The lowest BCUT2D eigenvalue weighted by molar-refractivity contribution is 0.483. The van der Waals surface area contributed by atoms with Gasteiger partial charge < -0.3 is 4.74 Å². The minimum atomic E-state index is -0.0447. The van der Waals surface area contributed by atoms with Crippen LogP contribution in [-0.4, -0.2) is 33.7 Å². The Morgan fingerprint density at radius 3 is 2.15 bits per heavy atom. The predicted molar refractivity (Wildman–Crippen MR) is 213 cm³/mol. The topological polar surface area (TPSA) is 75.1 Å². The minimum Gasteiger partial charge on any atom is -0.457 e. The lowest BCUT2D eigenvalue weighted by Gasteiger charge is -2.19. The first-order chi connectivity index (χ1) is 25.6. The summed E-state index contributed by atoms with van der Waals surface area (Å²) in [6, 6.07) is 41.2. The van der Waals surface area contributed by atoms with Crippen molar-refractivity contribution >= 4 is 27.8 Å². The average Bonchev–Trinajstić information content (AvgIpc) is 3.84. The van der Waals surface area contributed by atoms with Gasteiger partial charge in [-0.25, -0.2) is 19.6 Å². The number of para-hydroxylation sites is 1. The summed E-state index contributed by atoms with van der Waals surface area (Å²) in [6.45, 7) is 13.0. The monoisotopic (exact) mass is 693 g/mol. The van der Waals surface area contributed by atoms with Crippen molar-refractivity contribution in [2.24, 2.45) is 0 Å². The van der Waals surface area contributed by atoms with Crippen molar-refractivity contribution in [3.05, 3.63) is 150 Å². The maximum atomic E-state index is 6.65. The molecule has 260 valence electrons. The van der Waals surface area contributed by atoms with E-state index < -0.39 is 0 Å². The molecule has 0 aliphatic carbocycles. The molecule has 0 amide bonds. The number of aromatic nitrogens is 7. The molecule has 0 saturated heterocycles. The van der Waals surface area contributed by atoms with E-state index in [1.54, 1.807) is 0 Å². The minimum absolute atomic E-state index is 0.0447. The van der Waals surface area contributed by atoms with Crippen LogP contribution in [0.5, 0.6) is 11.5 Å². The zero-order valence-corrected chi connectivity index (χ0v) is 30.7. The van der Waals surface area contributed by atoms with Crippen molar-refractivity contribution < 1.29 is 4.74 Å². The highest BCUT2D eigenvalue weighted by atomic mass is 16.5. The maximum absolute atomic E-state index is 6.65. The Morgan fingerprint density at radius 1 is 0.623 bits per heavy atom. The summed E-state index contributed by atoms with van der Waals surface area (Å²) in [7, 11) is 0. The third-order valence-corrected chi connectivity index (χ3v) is 9.98. The second kappa shape index (κ2) is 12.3. The highest BCUT2D eigenvalue weighted by Crippen LogP contribution is 2.35. The molecule has 8 nitrogen and oxygen atoms in total. The van der Waals surface area contributed by atoms with Crippen LogP contribution in [0.4, 0.5) is 0 Å². The summed E-state index contributed by atoms with van der Waals surface area (Å²) < 4.78 is 12.9. The highest BCUT2D eigenvalue weighted by Gasteiger charge is 2.22. The number of pyridine rings is 1. The standard InChI is InChI=1S/C45H39N7O/c1-28-13-10-14-29(2)40(28)42-48-43(31-16-8-7-9-17-31)52(49-42)33-18-12-19-34(26-33)53-35-21-22-36-38(27-35)51(39-25-32(23-24-46-39)45(4,5)6)44-47-41-30(3)15-11-20-37(41)50(36)44/h7-27H,1-6H3. The molecule has 0 aliphatic heterocycles. The van der Waals surface area contributed by atoms with E-state index in [2.05, 4.69) is 123 Å². The Labute approximate surface area is 308 Å². The molecular weight excluding hydrogens is 655 g/mol. The largest absolute Gasteiger partial charge is 0.457 e. The first kappa shape index (κ1) is 32.4. The molecule has 0 radical (unpaired) electrons. The van der Waals surface area contributed by atoms with E-state index in [4.69, 9.17) is 24.8 Å². The molecule has 0 bridgehead atoms. The SMILES string of the molecule is Cc1cccc(C)c1-c1nc(-c2ccccc2)n(-c2cccc(Oc3ccc4c(c3)n(-c3cc(C(C)(C)C)ccn3)c3nc5c(C)cccc5n43)c2)n1. The Bertz CT molecular complexity index is 2820. The molecule has 0 aliphatic rings. The molecule has 0 N–H and O–H groups in total. The maximum Gasteiger partial charge on any atom is 0.221 e. The number of ether oxygens (including phenoxy) is 1. The van der Waals surface area contributed by atoms with Gasteiger partial charge in [0.25, 0.3) is 0 Å². The van der Waals surface area contributed by atoms with Crippen LogP contribution in [0, 0.1) is 20.8 Å². The number of fused-ring (bicyclic) bond motifs is 5. The molecule has 53 heavy (non-hydrogen) atoms. The lowest BCUT2D eigenvalue weighted by Crippen LogP contribution is -2.12. The summed E-state index contributed by atoms with van der Waals surface area (Å²) in [4.78, 5) is 15.1. The quantitative estimate of drug-likeness (QED) is 0.173. The van der Waals surface area contributed by atoms with Crippen molar-refractivity contribution in [2.45, 2.75) is 47.0 Å². The van der Waals surface area contributed by atoms with Crippen LogP contribution < -0.4 is 4.74 Å². The summed E-state index contributed by atoms with van der Waals surface area (Å²) >= 11 is 0. The molecule has 4 aromatic heterocycles. The second-order valence-electron chi connectivity index (χ2n) is 14.7. The summed E-state index contributed by atoms with van der Waals surface area (Å²) in [6.07, 6.45) is 1.89. The van der Waals surface area contributed by atoms with Crippen LogP contribution in [0.1, 0.15) is 43.0 Å². The Kier molecular flexibility index (Phi) is 7.52. The fourth-order valence-electron chi connectivity index (χ4n) is 7.24. The van der Waals surface area contributed by atoms with Gasteiger partial charge in [-0.3, -0.25) is 8.97 Å². The van der Waals surface area contributed by atoms with Gasteiger partial charge in [-0.15, -0.1) is 5.10 Å². The number of imidazole rings is 2. The van der Waals surface area contributed by atoms with Gasteiger partial charge in [-0.1, -0.05) is 87.5 Å². The number of aryl methyl sites for hydroxylation is 3. The van der Waals surface area contributed by atoms with Gasteiger partial charge in [0.05, 0.1) is 27.8 Å². The van der Waals surface area contributed by atoms with Crippen molar-refractivity contribution in [1.29, 1.82) is 0 Å². The summed E-state index contributed by atoms with van der Waals surface area (Å²) in [5.74, 6) is 4.44. The molecule has 0 atom stereocenters. The number of nitrogens with zero attached hydrogens (tertiary/aromatic N) is 7. The van der Waals surface area contributed by atoms with Crippen LogP contribution in [0.15, 0.2) is 128 Å². The molecular formula is C45H39N7O. The van der Waals surface area contributed by atoms with Crippen LogP contribution >= 0.6 is 0 Å². The Morgan fingerprint density at radius 2 is 1.36 bits per heavy atom. The van der Waals surface area contributed by atoms with Crippen LogP contribution in [0.2, 0.25) is 0 Å². The van der Waals surface area contributed by atoms with Crippen molar-refractivity contribution in [3.63, 3.8) is 0 Å². The van der Waals surface area contributed by atoms with Gasteiger partial charge >= 0.3 is 0 Å². The molecule has 9 aromatic rings. The van der Waals surface area contributed by atoms with E-state index in [0.29, 0.717) is 17.3 Å². The fourth-order valence-corrected chi connectivity index (χ4v) is 7.24. The molecule has 8 heteroatoms. The first-order valence-corrected chi connectivity index (χ1v) is 17.9. The number of rotatable bonds is 6. The van der Waals surface area contributed by atoms with E-state index in [-0.39, 0.29) is 5.41 Å². The molecule has 0 saturated carbocycles. The third kappa shape index (κ3) is 5.54. The van der Waals surface area contributed by atoms with Gasteiger partial charge in [-0.2, -0.15) is 0 Å². The van der Waals surface area contributed by atoms with Crippen molar-refractivity contribution in [1.82, 2.24) is 33.7 Å². The molecule has 4 heterocycles. The van der Waals surface area contributed by atoms with Gasteiger partial charge in [-0.05, 0) is 90.9 Å². The van der Waals surface area contributed by atoms with E-state index in [1.807, 2.05) is 59.4 Å². The van der Waals surface area contributed by atoms with Gasteiger partial charge in [0.15, 0.2) is 11.6 Å². The smallest absolute Gasteiger partial charge is 0.221 e. The van der Waals surface area contributed by atoms with Crippen molar-refractivity contribution in [3.8, 4) is 45.8 Å². The first-order valence-electron chi connectivity index (χ1n) is 17.9. The van der Waals surface area contributed by atoms with Gasteiger partial charge in [0, 0.05) is 29.5 Å². The van der Waals surface area contributed by atoms with E-state index >= 15 is 0 Å². The van der Waals surface area contributed by atoms with E-state index in [9.17, 15) is 0 Å². The lowest BCUT2D eigenvalue weighted by atomic mass is 9.88. The van der Waals surface area contributed by atoms with E-state index in [0.717, 1.165) is 73.0 Å². The summed E-state index contributed by atoms with van der Waals surface area (Å²) in [5, 5.41) is 5.09. The molecule has 0 spiro atoms. The molecule has 0 fully saturated rings. The summed E-state index contributed by atoms with van der Waals surface area (Å²) in [5.41, 5.74) is 11.4. The van der Waals surface area contributed by atoms with Crippen LogP contribution in [-0.2, 0) is 5.41 Å². The predicted octanol–water partition coefficient (Wildman–Crippen LogP) is 10.8. The van der Waals surface area contributed by atoms with E-state index in [1.165, 1.54) is 5.56 Å². The van der Waals surface area contributed by atoms with Gasteiger partial charge in [0.1, 0.15) is 17.3 Å².